The van der Waals surface area contributed by atoms with Crippen molar-refractivity contribution in [2.24, 2.45) is 11.4 Å². The number of thioether (sulfide) groups is 1. The molecule has 0 saturated carbocycles. The van der Waals surface area contributed by atoms with E-state index < -0.39 is 15.6 Å². The molecule has 9 nitrogen and oxygen atoms in total. The molecule has 156 valence electrons. The number of nitrogens with zero attached hydrogens (tertiary/aromatic N) is 6. The van der Waals surface area contributed by atoms with Crippen LogP contribution in [0.25, 0.3) is 0 Å². The Morgan fingerprint density at radius 2 is 2.03 bits per heavy atom. The Morgan fingerprint density at radius 1 is 1.24 bits per heavy atom. The summed E-state index contributed by atoms with van der Waals surface area (Å²) in [7, 11) is -1.22. The first kappa shape index (κ1) is 21.4. The lowest BCUT2D eigenvalue weighted by molar-refractivity contribution is -0.128. The van der Waals surface area contributed by atoms with Crippen LogP contribution in [0.3, 0.4) is 0 Å². The third-order valence-electron chi connectivity index (χ3n) is 4.55. The van der Waals surface area contributed by atoms with Crippen LogP contribution in [0.4, 0.5) is 0 Å². The van der Waals surface area contributed by atoms with Crippen LogP contribution in [-0.2, 0) is 21.6 Å². The van der Waals surface area contributed by atoms with Crippen LogP contribution in [0.2, 0.25) is 0 Å². The van der Waals surface area contributed by atoms with E-state index >= 15 is 0 Å². The summed E-state index contributed by atoms with van der Waals surface area (Å²) in [6.45, 7) is 4.90. The SMILES string of the molecule is Cc1ccc(SCC(=O)N2CCCS(=O)(=NC(=O)c3nnn(C)n3)CC2)c(C)c1. The molecule has 29 heavy (non-hydrogen) atoms. The largest absolute Gasteiger partial charge is 0.341 e. The van der Waals surface area contributed by atoms with E-state index in [0.717, 1.165) is 15.3 Å². The zero-order chi connectivity index (χ0) is 21.0. The molecule has 0 radical (unpaired) electrons. The quantitative estimate of drug-likeness (QED) is 0.667. The fourth-order valence-corrected chi connectivity index (χ4v) is 5.81. The summed E-state index contributed by atoms with van der Waals surface area (Å²) in [6.07, 6.45) is 0.531. The third-order valence-corrected chi connectivity index (χ3v) is 7.96. The molecule has 1 saturated heterocycles. The van der Waals surface area contributed by atoms with E-state index in [1.165, 1.54) is 24.4 Å². The topological polar surface area (TPSA) is 110 Å². The summed E-state index contributed by atoms with van der Waals surface area (Å²) in [4.78, 5) is 28.8. The van der Waals surface area contributed by atoms with Crippen molar-refractivity contribution in [3.05, 3.63) is 35.2 Å². The minimum Gasteiger partial charge on any atom is -0.341 e. The molecule has 0 bridgehead atoms. The van der Waals surface area contributed by atoms with Crippen LogP contribution >= 0.6 is 11.8 Å². The van der Waals surface area contributed by atoms with Gasteiger partial charge in [-0.1, -0.05) is 17.7 Å². The molecular weight excluding hydrogens is 412 g/mol. The van der Waals surface area contributed by atoms with Crippen molar-refractivity contribution in [3.8, 4) is 0 Å². The summed E-state index contributed by atoms with van der Waals surface area (Å²) < 4.78 is 16.9. The average molecular weight is 437 g/mol. The number of amides is 2. The van der Waals surface area contributed by atoms with Gasteiger partial charge in [0.15, 0.2) is 0 Å². The van der Waals surface area contributed by atoms with Crippen molar-refractivity contribution in [2.45, 2.75) is 25.2 Å². The van der Waals surface area contributed by atoms with Gasteiger partial charge < -0.3 is 4.90 Å². The highest BCUT2D eigenvalue weighted by Gasteiger charge is 2.24. The van der Waals surface area contributed by atoms with Crippen LogP contribution in [0, 0.1) is 13.8 Å². The van der Waals surface area contributed by atoms with E-state index in [2.05, 4.69) is 25.8 Å². The second-order valence-electron chi connectivity index (χ2n) is 6.97. The van der Waals surface area contributed by atoms with E-state index in [1.807, 2.05) is 26.0 Å². The van der Waals surface area contributed by atoms with E-state index in [9.17, 15) is 13.8 Å². The van der Waals surface area contributed by atoms with Gasteiger partial charge in [-0.25, -0.2) is 4.21 Å². The van der Waals surface area contributed by atoms with Crippen molar-refractivity contribution in [3.63, 3.8) is 0 Å². The molecule has 1 fully saturated rings. The molecule has 3 rings (SSSR count). The van der Waals surface area contributed by atoms with Crippen molar-refractivity contribution in [1.29, 1.82) is 0 Å². The minimum atomic E-state index is -2.75. The lowest BCUT2D eigenvalue weighted by Gasteiger charge is -2.20. The monoisotopic (exact) mass is 436 g/mol. The zero-order valence-electron chi connectivity index (χ0n) is 16.7. The van der Waals surface area contributed by atoms with Crippen molar-refractivity contribution < 1.29 is 13.8 Å². The summed E-state index contributed by atoms with van der Waals surface area (Å²) in [5.74, 6) is -0.137. The summed E-state index contributed by atoms with van der Waals surface area (Å²) in [6, 6.07) is 6.16. The Hall–Kier alpha value is -2.27. The molecule has 2 aromatic rings. The fraction of sp³-hybridized carbons (Fsp3) is 0.500. The Bertz CT molecular complexity index is 1040. The minimum absolute atomic E-state index is 0.000504. The number of aryl methyl sites for hydroxylation is 3. The number of carbonyl (C=O) groups is 2. The Balaban J connectivity index is 1.61. The van der Waals surface area contributed by atoms with Crippen LogP contribution in [-0.4, -0.2) is 71.5 Å². The Kier molecular flexibility index (Phi) is 6.68. The summed E-state index contributed by atoms with van der Waals surface area (Å²) in [5.41, 5.74) is 2.34. The Morgan fingerprint density at radius 3 is 2.72 bits per heavy atom. The first-order valence-electron chi connectivity index (χ1n) is 9.24. The van der Waals surface area contributed by atoms with Gasteiger partial charge in [0.1, 0.15) is 0 Å². The van der Waals surface area contributed by atoms with Gasteiger partial charge in [0.2, 0.25) is 5.91 Å². The van der Waals surface area contributed by atoms with Gasteiger partial charge in [-0.15, -0.1) is 22.0 Å². The highest BCUT2D eigenvalue weighted by atomic mass is 32.2. The molecule has 0 N–H and O–H groups in total. The highest BCUT2D eigenvalue weighted by Crippen LogP contribution is 2.23. The van der Waals surface area contributed by atoms with Crippen molar-refractivity contribution in [2.75, 3.05) is 30.3 Å². The predicted octanol–water partition coefficient (Wildman–Crippen LogP) is 1.46. The van der Waals surface area contributed by atoms with Crippen LogP contribution in [0.1, 0.15) is 28.2 Å². The van der Waals surface area contributed by atoms with E-state index in [4.69, 9.17) is 0 Å². The Labute approximate surface area is 174 Å². The maximum atomic E-state index is 13.0. The smallest absolute Gasteiger partial charge is 0.326 e. The second kappa shape index (κ2) is 9.04. The molecule has 2 heterocycles. The maximum Gasteiger partial charge on any atom is 0.326 e. The van der Waals surface area contributed by atoms with Crippen molar-refractivity contribution >= 4 is 33.3 Å². The van der Waals surface area contributed by atoms with E-state index in [0.29, 0.717) is 25.3 Å². The lowest BCUT2D eigenvalue weighted by Crippen LogP contribution is -2.34. The van der Waals surface area contributed by atoms with Gasteiger partial charge in [0.25, 0.3) is 5.82 Å². The molecule has 0 spiro atoms. The maximum absolute atomic E-state index is 13.0. The molecule has 2 amide bonds. The number of aromatic nitrogens is 4. The molecule has 0 aliphatic carbocycles. The highest BCUT2D eigenvalue weighted by molar-refractivity contribution is 8.00. The standard InChI is InChI=1S/C18H24N6O3S2/c1-13-5-6-15(14(2)11-13)28-12-16(25)24-7-4-9-29(27,10-8-24)21-18(26)17-19-22-23(3)20-17/h5-6,11H,4,7-10,12H2,1-3H3. The van der Waals surface area contributed by atoms with Crippen LogP contribution < -0.4 is 0 Å². The molecule has 1 aromatic carbocycles. The molecular formula is C18H24N6O3S2. The van der Waals surface area contributed by atoms with Crippen LogP contribution in [0.5, 0.6) is 0 Å². The molecule has 11 heteroatoms. The number of carbonyl (C=O) groups excluding carboxylic acids is 2. The molecule has 1 aliphatic rings. The fourth-order valence-electron chi connectivity index (χ4n) is 3.04. The second-order valence-corrected chi connectivity index (χ2v) is 10.5. The van der Waals surface area contributed by atoms with Gasteiger partial charge in [-0.2, -0.15) is 9.16 Å². The first-order chi connectivity index (χ1) is 13.8. The molecule has 1 aromatic heterocycles. The number of rotatable bonds is 4. The normalized spacial score (nSPS) is 19.6. The summed E-state index contributed by atoms with van der Waals surface area (Å²) >= 11 is 1.51. The number of hydrogen-bond donors (Lipinski definition) is 0. The summed E-state index contributed by atoms with van der Waals surface area (Å²) in [5, 5.41) is 11.0. The first-order valence-corrected chi connectivity index (χ1v) is 12.1. The number of hydrogen-bond acceptors (Lipinski definition) is 7. The van der Waals surface area contributed by atoms with E-state index in [1.54, 1.807) is 4.90 Å². The molecule has 1 aliphatic heterocycles. The zero-order valence-corrected chi connectivity index (χ0v) is 18.3. The van der Waals surface area contributed by atoms with Gasteiger partial charge in [-0.3, -0.25) is 9.59 Å². The van der Waals surface area contributed by atoms with Gasteiger partial charge in [-0.05, 0) is 37.1 Å². The van der Waals surface area contributed by atoms with Crippen molar-refractivity contribution in [1.82, 2.24) is 25.1 Å². The van der Waals surface area contributed by atoms with Gasteiger partial charge in [0.05, 0.1) is 22.5 Å². The van der Waals surface area contributed by atoms with Gasteiger partial charge >= 0.3 is 5.91 Å². The van der Waals surface area contributed by atoms with Crippen LogP contribution in [0.15, 0.2) is 27.5 Å². The van der Waals surface area contributed by atoms with E-state index in [-0.39, 0.29) is 23.2 Å². The van der Waals surface area contributed by atoms with Gasteiger partial charge in [0, 0.05) is 29.5 Å². The number of benzene rings is 1. The average Bonchev–Trinajstić information content (AvgIpc) is 3.00. The molecule has 1 atom stereocenters. The third kappa shape index (κ3) is 5.63. The predicted molar refractivity (Wildman–Crippen MR) is 111 cm³/mol. The lowest BCUT2D eigenvalue weighted by atomic mass is 10.2. The molecule has 1 unspecified atom stereocenters. The number of tetrazole rings is 1.